The lowest BCUT2D eigenvalue weighted by molar-refractivity contribution is -0.153. The van der Waals surface area contributed by atoms with E-state index in [-0.39, 0.29) is 30.9 Å². The van der Waals surface area contributed by atoms with Gasteiger partial charge in [0.05, 0.1) is 6.54 Å². The molecule has 2 aliphatic heterocycles. The number of benzene rings is 1. The maximum Gasteiger partial charge on any atom is 0.410 e. The molecule has 0 bridgehead atoms. The van der Waals surface area contributed by atoms with Crippen molar-refractivity contribution in [1.29, 1.82) is 0 Å². The lowest BCUT2D eigenvalue weighted by Crippen LogP contribution is -2.70. The number of ether oxygens (including phenoxy) is 1. The van der Waals surface area contributed by atoms with Gasteiger partial charge in [-0.15, -0.1) is 0 Å². The van der Waals surface area contributed by atoms with E-state index in [9.17, 15) is 14.4 Å². The molecule has 2 aliphatic rings. The van der Waals surface area contributed by atoms with Gasteiger partial charge in [0.15, 0.2) is 0 Å². The van der Waals surface area contributed by atoms with Crippen molar-refractivity contribution in [1.82, 2.24) is 15.1 Å². The normalized spacial score (nSPS) is 23.3. The number of fused-ring (bicyclic) bond motifs is 1. The van der Waals surface area contributed by atoms with Crippen LogP contribution in [0.25, 0.3) is 0 Å². The second-order valence-corrected chi connectivity index (χ2v) is 6.76. The van der Waals surface area contributed by atoms with E-state index < -0.39 is 18.2 Å². The zero-order chi connectivity index (χ0) is 18.0. The summed E-state index contributed by atoms with van der Waals surface area (Å²) < 4.78 is 5.32. The van der Waals surface area contributed by atoms with Crippen LogP contribution in [0.3, 0.4) is 0 Å². The van der Waals surface area contributed by atoms with Gasteiger partial charge in [-0.2, -0.15) is 0 Å². The smallest absolute Gasteiger partial charge is 0.410 e. The number of carbonyl (C=O) groups is 3. The summed E-state index contributed by atoms with van der Waals surface area (Å²) in [5.74, 6) is -0.248. The zero-order valence-corrected chi connectivity index (χ0v) is 14.5. The molecule has 1 aromatic carbocycles. The number of nitrogens with zero attached hydrogens (tertiary/aromatic N) is 2. The van der Waals surface area contributed by atoms with Crippen LogP contribution in [-0.2, 0) is 20.9 Å². The molecule has 2 atom stereocenters. The lowest BCUT2D eigenvalue weighted by atomic mass is 9.96. The van der Waals surface area contributed by atoms with Crippen LogP contribution < -0.4 is 5.32 Å². The Kier molecular flexibility index (Phi) is 4.92. The number of carbonyl (C=O) groups excluding carboxylic acids is 3. The van der Waals surface area contributed by atoms with Crippen LogP contribution in [0.2, 0.25) is 0 Å². The van der Waals surface area contributed by atoms with Crippen LogP contribution in [0, 0.1) is 5.92 Å². The third kappa shape index (κ3) is 3.60. The standard InChI is InChI=1S/C18H23N3O4/c1-12(2)15-17(23)21-9-8-20(10-14(21)16(22)19-15)18(24)25-11-13-6-4-3-5-7-13/h3-7,12,14-15H,8-11H2,1-2H3,(H,19,22)/t14-,15+/m1/s1. The van der Waals surface area contributed by atoms with Gasteiger partial charge in [0, 0.05) is 13.1 Å². The molecule has 2 heterocycles. The van der Waals surface area contributed by atoms with E-state index in [4.69, 9.17) is 4.74 Å². The summed E-state index contributed by atoms with van der Waals surface area (Å²) in [6.07, 6.45) is -0.463. The van der Waals surface area contributed by atoms with Gasteiger partial charge in [-0.05, 0) is 11.5 Å². The molecule has 0 saturated carbocycles. The van der Waals surface area contributed by atoms with E-state index in [2.05, 4.69) is 5.32 Å². The van der Waals surface area contributed by atoms with E-state index in [0.717, 1.165) is 5.56 Å². The third-order valence-corrected chi connectivity index (χ3v) is 4.66. The number of hydrogen-bond acceptors (Lipinski definition) is 4. The van der Waals surface area contributed by atoms with E-state index in [1.807, 2.05) is 44.2 Å². The van der Waals surface area contributed by atoms with Crippen molar-refractivity contribution in [3.8, 4) is 0 Å². The molecule has 0 aliphatic carbocycles. The maximum atomic E-state index is 12.5. The molecule has 2 saturated heterocycles. The highest BCUT2D eigenvalue weighted by Gasteiger charge is 2.45. The highest BCUT2D eigenvalue weighted by molar-refractivity contribution is 5.97. The summed E-state index contributed by atoms with van der Waals surface area (Å²) in [5, 5.41) is 2.77. The first kappa shape index (κ1) is 17.3. The van der Waals surface area contributed by atoms with Crippen molar-refractivity contribution < 1.29 is 19.1 Å². The van der Waals surface area contributed by atoms with Gasteiger partial charge in [0.2, 0.25) is 11.8 Å². The van der Waals surface area contributed by atoms with Gasteiger partial charge in [-0.3, -0.25) is 9.59 Å². The van der Waals surface area contributed by atoms with E-state index in [0.29, 0.717) is 13.1 Å². The van der Waals surface area contributed by atoms with Crippen molar-refractivity contribution in [2.75, 3.05) is 19.6 Å². The fourth-order valence-corrected chi connectivity index (χ4v) is 3.19. The molecule has 7 nitrogen and oxygen atoms in total. The Balaban J connectivity index is 1.60. The zero-order valence-electron chi connectivity index (χ0n) is 14.5. The minimum absolute atomic E-state index is 0.0336. The summed E-state index contributed by atoms with van der Waals surface area (Å²) >= 11 is 0. The average molecular weight is 345 g/mol. The minimum Gasteiger partial charge on any atom is -0.445 e. The molecule has 0 unspecified atom stereocenters. The first-order valence-electron chi connectivity index (χ1n) is 8.54. The van der Waals surface area contributed by atoms with E-state index >= 15 is 0 Å². The topological polar surface area (TPSA) is 79.0 Å². The molecule has 2 fully saturated rings. The molecule has 0 radical (unpaired) electrons. The molecule has 1 aromatic rings. The molecule has 0 aromatic heterocycles. The minimum atomic E-state index is -0.638. The number of amides is 3. The molecule has 3 rings (SSSR count). The van der Waals surface area contributed by atoms with Crippen molar-refractivity contribution in [2.45, 2.75) is 32.5 Å². The van der Waals surface area contributed by atoms with E-state index in [1.54, 1.807) is 4.90 Å². The molecule has 0 spiro atoms. The molecule has 134 valence electrons. The van der Waals surface area contributed by atoms with Gasteiger partial charge in [0.25, 0.3) is 0 Å². The largest absolute Gasteiger partial charge is 0.445 e. The molecular formula is C18H23N3O4. The van der Waals surface area contributed by atoms with Crippen LogP contribution in [0.15, 0.2) is 30.3 Å². The monoisotopic (exact) mass is 345 g/mol. The van der Waals surface area contributed by atoms with Crippen LogP contribution in [0.1, 0.15) is 19.4 Å². The van der Waals surface area contributed by atoms with Gasteiger partial charge < -0.3 is 19.9 Å². The first-order chi connectivity index (χ1) is 12.0. The van der Waals surface area contributed by atoms with Crippen LogP contribution >= 0.6 is 0 Å². The molecular weight excluding hydrogens is 322 g/mol. The Morgan fingerprint density at radius 1 is 1.24 bits per heavy atom. The Bertz CT molecular complexity index is 662. The second kappa shape index (κ2) is 7.13. The van der Waals surface area contributed by atoms with Gasteiger partial charge in [-0.1, -0.05) is 44.2 Å². The molecule has 25 heavy (non-hydrogen) atoms. The van der Waals surface area contributed by atoms with Crippen molar-refractivity contribution in [2.24, 2.45) is 5.92 Å². The van der Waals surface area contributed by atoms with Crippen molar-refractivity contribution in [3.63, 3.8) is 0 Å². The Labute approximate surface area is 146 Å². The predicted octanol–water partition coefficient (Wildman–Crippen LogP) is 0.990. The Morgan fingerprint density at radius 2 is 1.96 bits per heavy atom. The Morgan fingerprint density at radius 3 is 2.64 bits per heavy atom. The van der Waals surface area contributed by atoms with E-state index in [1.165, 1.54) is 4.90 Å². The van der Waals surface area contributed by atoms with Crippen LogP contribution in [0.4, 0.5) is 4.79 Å². The fourth-order valence-electron chi connectivity index (χ4n) is 3.19. The number of piperazine rings is 2. The SMILES string of the molecule is CC(C)[C@@H]1NC(=O)[C@H]2CN(C(=O)OCc3ccccc3)CCN2C1=O. The van der Waals surface area contributed by atoms with Gasteiger partial charge >= 0.3 is 6.09 Å². The summed E-state index contributed by atoms with van der Waals surface area (Å²) in [6, 6.07) is 8.29. The lowest BCUT2D eigenvalue weighted by Gasteiger charge is -2.45. The number of rotatable bonds is 3. The quantitative estimate of drug-likeness (QED) is 0.886. The van der Waals surface area contributed by atoms with Gasteiger partial charge in [0.1, 0.15) is 18.7 Å². The Hall–Kier alpha value is -2.57. The summed E-state index contributed by atoms with van der Waals surface area (Å²) in [4.78, 5) is 40.2. The number of nitrogens with one attached hydrogen (secondary N) is 1. The van der Waals surface area contributed by atoms with Crippen LogP contribution in [0.5, 0.6) is 0 Å². The summed E-state index contributed by atoms with van der Waals surface area (Å²) in [6.45, 7) is 4.87. The first-order valence-corrected chi connectivity index (χ1v) is 8.54. The highest BCUT2D eigenvalue weighted by atomic mass is 16.6. The molecule has 3 amide bonds. The number of hydrogen-bond donors (Lipinski definition) is 1. The molecule has 1 N–H and O–H groups in total. The van der Waals surface area contributed by atoms with Gasteiger partial charge in [-0.25, -0.2) is 4.79 Å². The predicted molar refractivity (Wildman–Crippen MR) is 90.5 cm³/mol. The highest BCUT2D eigenvalue weighted by Crippen LogP contribution is 2.20. The van der Waals surface area contributed by atoms with Crippen molar-refractivity contribution in [3.05, 3.63) is 35.9 Å². The maximum absolute atomic E-state index is 12.5. The van der Waals surface area contributed by atoms with Crippen LogP contribution in [-0.4, -0.2) is 59.4 Å². The fraction of sp³-hybridized carbons (Fsp3) is 0.500. The molecule has 7 heteroatoms. The average Bonchev–Trinajstić information content (AvgIpc) is 2.63. The third-order valence-electron chi connectivity index (χ3n) is 4.66. The van der Waals surface area contributed by atoms with Crippen molar-refractivity contribution >= 4 is 17.9 Å². The second-order valence-electron chi connectivity index (χ2n) is 6.76. The summed E-state index contributed by atoms with van der Waals surface area (Å²) in [7, 11) is 0. The summed E-state index contributed by atoms with van der Waals surface area (Å²) in [5.41, 5.74) is 0.903.